The molecule has 88 valence electrons. The zero-order valence-corrected chi connectivity index (χ0v) is 10.00. The van der Waals surface area contributed by atoms with Gasteiger partial charge in [-0.15, -0.1) is 0 Å². The Labute approximate surface area is 92.7 Å². The average molecular weight is 213 g/mol. The summed E-state index contributed by atoms with van der Waals surface area (Å²) in [5.74, 6) is -0.206. The van der Waals surface area contributed by atoms with Crippen molar-refractivity contribution in [3.8, 4) is 0 Å². The van der Waals surface area contributed by atoms with E-state index in [1.807, 2.05) is 0 Å². The Balaban J connectivity index is 1.85. The summed E-state index contributed by atoms with van der Waals surface area (Å²) in [5.41, 5.74) is 0. The topological polar surface area (TPSA) is 21.7 Å². The van der Waals surface area contributed by atoms with Gasteiger partial charge < -0.3 is 14.4 Å². The van der Waals surface area contributed by atoms with Gasteiger partial charge in [0.15, 0.2) is 5.79 Å². The first-order valence-corrected chi connectivity index (χ1v) is 6.31. The molecule has 0 radical (unpaired) electrons. The van der Waals surface area contributed by atoms with Crippen molar-refractivity contribution in [2.24, 2.45) is 0 Å². The number of likely N-dealkylation sites (tertiary alicyclic amines) is 1. The second-order valence-corrected chi connectivity index (χ2v) is 4.61. The number of nitrogens with zero attached hydrogens (tertiary/aromatic N) is 1. The summed E-state index contributed by atoms with van der Waals surface area (Å²) in [7, 11) is 0. The van der Waals surface area contributed by atoms with Crippen LogP contribution in [-0.4, -0.2) is 43.0 Å². The molecule has 0 aliphatic carbocycles. The van der Waals surface area contributed by atoms with Crippen LogP contribution in [0.1, 0.15) is 39.5 Å². The quantitative estimate of drug-likeness (QED) is 0.716. The van der Waals surface area contributed by atoms with Crippen molar-refractivity contribution in [1.82, 2.24) is 4.90 Å². The summed E-state index contributed by atoms with van der Waals surface area (Å²) < 4.78 is 11.5. The van der Waals surface area contributed by atoms with Crippen LogP contribution in [0.2, 0.25) is 0 Å². The number of rotatable bonds is 3. The third-order valence-corrected chi connectivity index (χ3v) is 3.83. The van der Waals surface area contributed by atoms with Crippen molar-refractivity contribution in [2.75, 3.05) is 26.3 Å². The Bertz CT molecular complexity index is 188. The first kappa shape index (κ1) is 11.4. The molecule has 3 nitrogen and oxygen atoms in total. The van der Waals surface area contributed by atoms with Gasteiger partial charge in [-0.1, -0.05) is 13.8 Å². The fourth-order valence-corrected chi connectivity index (χ4v) is 2.82. The molecule has 0 saturated carbocycles. The van der Waals surface area contributed by atoms with Crippen molar-refractivity contribution in [1.29, 1.82) is 0 Å². The predicted octanol–water partition coefficient (Wildman–Crippen LogP) is 2.01. The second-order valence-electron chi connectivity index (χ2n) is 4.61. The smallest absolute Gasteiger partial charge is 0.170 e. The van der Waals surface area contributed by atoms with E-state index in [4.69, 9.17) is 9.47 Å². The number of piperidine rings is 1. The molecule has 15 heavy (non-hydrogen) atoms. The van der Waals surface area contributed by atoms with Gasteiger partial charge in [-0.05, 0) is 12.8 Å². The minimum absolute atomic E-state index is 0.206. The minimum Gasteiger partial charge on any atom is -0.347 e. The van der Waals surface area contributed by atoms with Crippen LogP contribution in [0.15, 0.2) is 0 Å². The molecular weight excluding hydrogens is 190 g/mol. The molecule has 0 atom stereocenters. The molecule has 0 unspecified atom stereocenters. The van der Waals surface area contributed by atoms with Gasteiger partial charge in [0.2, 0.25) is 0 Å². The van der Waals surface area contributed by atoms with Crippen molar-refractivity contribution in [3.05, 3.63) is 0 Å². The Morgan fingerprint density at radius 3 is 2.07 bits per heavy atom. The molecule has 2 fully saturated rings. The van der Waals surface area contributed by atoms with Crippen LogP contribution in [-0.2, 0) is 9.47 Å². The first-order valence-electron chi connectivity index (χ1n) is 6.31. The highest BCUT2D eigenvalue weighted by Crippen LogP contribution is 2.32. The van der Waals surface area contributed by atoms with E-state index < -0.39 is 0 Å². The van der Waals surface area contributed by atoms with Crippen LogP contribution in [0.5, 0.6) is 0 Å². The predicted molar refractivity (Wildman–Crippen MR) is 59.8 cm³/mol. The van der Waals surface area contributed by atoms with E-state index in [0.29, 0.717) is 0 Å². The fraction of sp³-hybridized carbons (Fsp3) is 1.00. The van der Waals surface area contributed by atoms with Gasteiger partial charge in [-0.3, -0.25) is 0 Å². The maximum absolute atomic E-state index is 5.73. The van der Waals surface area contributed by atoms with Gasteiger partial charge in [0.1, 0.15) is 0 Å². The Morgan fingerprint density at radius 1 is 1.07 bits per heavy atom. The lowest BCUT2D eigenvalue weighted by atomic mass is 10.00. The lowest BCUT2D eigenvalue weighted by molar-refractivity contribution is -0.188. The second kappa shape index (κ2) is 4.81. The summed E-state index contributed by atoms with van der Waals surface area (Å²) in [5, 5.41) is 0. The number of hydrogen-bond donors (Lipinski definition) is 0. The van der Waals surface area contributed by atoms with Gasteiger partial charge in [0.05, 0.1) is 13.2 Å². The van der Waals surface area contributed by atoms with Gasteiger partial charge in [-0.25, -0.2) is 0 Å². The lowest BCUT2D eigenvalue weighted by Gasteiger charge is -2.40. The SMILES string of the molecule is CCC(CC)N1CCC2(CC1)OCCO2. The Morgan fingerprint density at radius 2 is 1.60 bits per heavy atom. The van der Waals surface area contributed by atoms with E-state index in [-0.39, 0.29) is 5.79 Å². The zero-order valence-electron chi connectivity index (χ0n) is 10.00. The monoisotopic (exact) mass is 213 g/mol. The molecule has 3 heteroatoms. The Hall–Kier alpha value is -0.120. The molecule has 0 aromatic heterocycles. The zero-order chi connectivity index (χ0) is 10.7. The van der Waals surface area contributed by atoms with Crippen molar-refractivity contribution in [2.45, 2.75) is 51.4 Å². The van der Waals surface area contributed by atoms with Gasteiger partial charge in [0.25, 0.3) is 0 Å². The van der Waals surface area contributed by atoms with Crippen molar-refractivity contribution in [3.63, 3.8) is 0 Å². The summed E-state index contributed by atoms with van der Waals surface area (Å²) in [6.45, 7) is 8.39. The number of hydrogen-bond acceptors (Lipinski definition) is 3. The highest BCUT2D eigenvalue weighted by Gasteiger charge is 2.40. The van der Waals surface area contributed by atoms with E-state index in [0.717, 1.165) is 45.2 Å². The van der Waals surface area contributed by atoms with Gasteiger partial charge in [0, 0.05) is 32.0 Å². The minimum atomic E-state index is -0.206. The lowest BCUT2D eigenvalue weighted by Crippen LogP contribution is -2.48. The summed E-state index contributed by atoms with van der Waals surface area (Å²) in [6.07, 6.45) is 4.60. The molecule has 0 bridgehead atoms. The van der Waals surface area contributed by atoms with Gasteiger partial charge >= 0.3 is 0 Å². The fourth-order valence-electron chi connectivity index (χ4n) is 2.82. The maximum Gasteiger partial charge on any atom is 0.170 e. The first-order chi connectivity index (χ1) is 7.29. The molecule has 0 N–H and O–H groups in total. The molecular formula is C12H23NO2. The summed E-state index contributed by atoms with van der Waals surface area (Å²) in [6, 6.07) is 0.753. The van der Waals surface area contributed by atoms with E-state index in [9.17, 15) is 0 Å². The summed E-state index contributed by atoms with van der Waals surface area (Å²) >= 11 is 0. The third kappa shape index (κ3) is 2.35. The standard InChI is InChI=1S/C12H23NO2/c1-3-11(4-2)13-7-5-12(6-8-13)14-9-10-15-12/h11H,3-10H2,1-2H3. The summed E-state index contributed by atoms with van der Waals surface area (Å²) in [4.78, 5) is 2.59. The molecule has 2 heterocycles. The van der Waals surface area contributed by atoms with Crippen molar-refractivity contribution >= 4 is 0 Å². The Kier molecular flexibility index (Phi) is 3.65. The molecule has 2 rings (SSSR count). The maximum atomic E-state index is 5.73. The molecule has 0 aromatic rings. The van der Waals surface area contributed by atoms with E-state index >= 15 is 0 Å². The van der Waals surface area contributed by atoms with E-state index in [1.165, 1.54) is 12.8 Å². The molecule has 1 spiro atoms. The number of ether oxygens (including phenoxy) is 2. The third-order valence-electron chi connectivity index (χ3n) is 3.83. The molecule has 2 aliphatic heterocycles. The highest BCUT2D eigenvalue weighted by molar-refractivity contribution is 4.85. The van der Waals surface area contributed by atoms with E-state index in [2.05, 4.69) is 18.7 Å². The van der Waals surface area contributed by atoms with Crippen LogP contribution in [0, 0.1) is 0 Å². The van der Waals surface area contributed by atoms with Crippen molar-refractivity contribution < 1.29 is 9.47 Å². The molecule has 0 amide bonds. The van der Waals surface area contributed by atoms with Crippen LogP contribution >= 0.6 is 0 Å². The van der Waals surface area contributed by atoms with Crippen LogP contribution in [0.3, 0.4) is 0 Å². The average Bonchev–Trinajstić information content (AvgIpc) is 2.72. The molecule has 2 saturated heterocycles. The van der Waals surface area contributed by atoms with Crippen LogP contribution in [0.4, 0.5) is 0 Å². The van der Waals surface area contributed by atoms with Crippen LogP contribution in [0.25, 0.3) is 0 Å². The molecule has 0 aromatic carbocycles. The van der Waals surface area contributed by atoms with Gasteiger partial charge in [-0.2, -0.15) is 0 Å². The molecule has 2 aliphatic rings. The largest absolute Gasteiger partial charge is 0.347 e. The normalized spacial score (nSPS) is 26.6. The van der Waals surface area contributed by atoms with Crippen LogP contribution < -0.4 is 0 Å². The van der Waals surface area contributed by atoms with E-state index in [1.54, 1.807) is 0 Å². The highest BCUT2D eigenvalue weighted by atomic mass is 16.7.